The van der Waals surface area contributed by atoms with Crippen LogP contribution in [0.5, 0.6) is 5.75 Å². The molecule has 1 aromatic heterocycles. The van der Waals surface area contributed by atoms with Crippen LogP contribution in [-0.2, 0) is 14.6 Å². The lowest BCUT2D eigenvalue weighted by atomic mass is 10.1. The van der Waals surface area contributed by atoms with Gasteiger partial charge in [-0.25, -0.2) is 12.8 Å². The van der Waals surface area contributed by atoms with Gasteiger partial charge in [0.25, 0.3) is 5.91 Å². The molecule has 1 saturated heterocycles. The summed E-state index contributed by atoms with van der Waals surface area (Å²) < 4.78 is 48.5. The Kier molecular flexibility index (Phi) is 6.81. The number of carbonyl (C=O) groups excluding carboxylic acids is 2. The van der Waals surface area contributed by atoms with Gasteiger partial charge in [0.1, 0.15) is 29.2 Å². The minimum atomic E-state index is -3.53. The van der Waals surface area contributed by atoms with Gasteiger partial charge in [-0.3, -0.25) is 9.59 Å². The first-order valence-corrected chi connectivity index (χ1v) is 12.0. The summed E-state index contributed by atoms with van der Waals surface area (Å²) in [6.45, 7) is 2.13. The van der Waals surface area contributed by atoms with Crippen molar-refractivity contribution in [1.82, 2.24) is 4.90 Å². The van der Waals surface area contributed by atoms with E-state index in [4.69, 9.17) is 21.1 Å². The fourth-order valence-corrected chi connectivity index (χ4v) is 5.81. The molecule has 1 aliphatic rings. The van der Waals surface area contributed by atoms with E-state index in [0.29, 0.717) is 6.54 Å². The Morgan fingerprint density at radius 3 is 2.73 bits per heavy atom. The molecule has 0 radical (unpaired) electrons. The molecule has 0 N–H and O–H groups in total. The molecule has 3 rings (SSSR count). The standard InChI is InChI=1S/C19H19ClFNO6S2/c1-11(23)14-4-3-12(7-15(14)21)28-9-13-8-22(5-6-27-13)19(24)18-17(20)16(10-29-18)30(2,25)26/h3-4,7,10,13H,5-6,8-9H2,1-2H3. The zero-order valence-corrected chi connectivity index (χ0v) is 18.6. The molecule has 1 unspecified atom stereocenters. The summed E-state index contributed by atoms with van der Waals surface area (Å²) in [6, 6.07) is 3.97. The molecular formula is C19H19ClFNO6S2. The first-order valence-electron chi connectivity index (χ1n) is 8.89. The highest BCUT2D eigenvalue weighted by molar-refractivity contribution is 7.91. The van der Waals surface area contributed by atoms with Crippen molar-refractivity contribution in [1.29, 1.82) is 0 Å². The molecule has 7 nitrogen and oxygen atoms in total. The average molecular weight is 476 g/mol. The van der Waals surface area contributed by atoms with Crippen LogP contribution in [0.25, 0.3) is 0 Å². The number of halogens is 2. The number of hydrogen-bond donors (Lipinski definition) is 0. The van der Waals surface area contributed by atoms with Crippen molar-refractivity contribution in [3.63, 3.8) is 0 Å². The van der Waals surface area contributed by atoms with Gasteiger partial charge in [0.15, 0.2) is 15.6 Å². The normalized spacial score (nSPS) is 17.1. The smallest absolute Gasteiger partial charge is 0.265 e. The fourth-order valence-electron chi connectivity index (χ4n) is 2.93. The van der Waals surface area contributed by atoms with Gasteiger partial charge in [-0.1, -0.05) is 11.6 Å². The summed E-state index contributed by atoms with van der Waals surface area (Å²) >= 11 is 7.10. The molecule has 1 fully saturated rings. The van der Waals surface area contributed by atoms with E-state index in [1.807, 2.05) is 0 Å². The number of thiophene rings is 1. The highest BCUT2D eigenvalue weighted by atomic mass is 35.5. The second-order valence-electron chi connectivity index (χ2n) is 6.77. The van der Waals surface area contributed by atoms with Crippen LogP contribution in [-0.4, -0.2) is 63.7 Å². The number of amides is 1. The largest absolute Gasteiger partial charge is 0.491 e. The number of rotatable bonds is 6. The minimum absolute atomic E-state index is 0.0191. The number of hydrogen-bond acceptors (Lipinski definition) is 7. The number of Topliss-reactive ketones (excluding diaryl/α,β-unsaturated/α-hetero) is 1. The van der Waals surface area contributed by atoms with Gasteiger partial charge < -0.3 is 14.4 Å². The Morgan fingerprint density at radius 1 is 1.40 bits per heavy atom. The van der Waals surface area contributed by atoms with Crippen LogP contribution in [0, 0.1) is 5.82 Å². The maximum absolute atomic E-state index is 13.9. The molecule has 0 spiro atoms. The van der Waals surface area contributed by atoms with Gasteiger partial charge in [0, 0.05) is 24.2 Å². The van der Waals surface area contributed by atoms with Gasteiger partial charge in [0.05, 0.1) is 28.6 Å². The molecule has 162 valence electrons. The van der Waals surface area contributed by atoms with E-state index in [1.165, 1.54) is 29.3 Å². The Morgan fingerprint density at radius 2 is 2.13 bits per heavy atom. The second-order valence-corrected chi connectivity index (χ2v) is 10.0. The predicted molar refractivity (Wildman–Crippen MR) is 110 cm³/mol. The third kappa shape index (κ3) is 5.00. The average Bonchev–Trinajstić information content (AvgIpc) is 3.07. The topological polar surface area (TPSA) is 90.0 Å². The van der Waals surface area contributed by atoms with Crippen molar-refractivity contribution in [2.24, 2.45) is 0 Å². The van der Waals surface area contributed by atoms with Crippen molar-refractivity contribution >= 4 is 44.5 Å². The molecule has 1 amide bonds. The van der Waals surface area contributed by atoms with E-state index in [0.717, 1.165) is 23.7 Å². The highest BCUT2D eigenvalue weighted by Gasteiger charge is 2.30. The third-order valence-corrected chi connectivity index (χ3v) is 7.33. The number of sulfone groups is 1. The Balaban J connectivity index is 1.64. The van der Waals surface area contributed by atoms with Crippen LogP contribution in [0.1, 0.15) is 27.0 Å². The first kappa shape index (κ1) is 22.7. The maximum atomic E-state index is 13.9. The number of benzene rings is 1. The summed E-state index contributed by atoms with van der Waals surface area (Å²) in [6.07, 6.45) is 0.564. The summed E-state index contributed by atoms with van der Waals surface area (Å²) in [7, 11) is -3.53. The van der Waals surface area contributed by atoms with Crippen molar-refractivity contribution in [3.8, 4) is 5.75 Å². The van der Waals surface area contributed by atoms with E-state index in [2.05, 4.69) is 0 Å². The lowest BCUT2D eigenvalue weighted by Crippen LogP contribution is -2.47. The molecule has 0 bridgehead atoms. The monoisotopic (exact) mass is 475 g/mol. The fraction of sp³-hybridized carbons (Fsp3) is 0.368. The first-order chi connectivity index (χ1) is 14.1. The number of carbonyl (C=O) groups is 2. The number of ketones is 1. The molecule has 1 aliphatic heterocycles. The van der Waals surface area contributed by atoms with Crippen molar-refractivity contribution in [2.75, 3.05) is 32.6 Å². The lowest BCUT2D eigenvalue weighted by Gasteiger charge is -2.32. The van der Waals surface area contributed by atoms with Crippen molar-refractivity contribution < 1.29 is 31.9 Å². The second kappa shape index (κ2) is 9.01. The van der Waals surface area contributed by atoms with Crippen LogP contribution < -0.4 is 4.74 Å². The zero-order valence-electron chi connectivity index (χ0n) is 16.2. The van der Waals surface area contributed by atoms with Crippen LogP contribution >= 0.6 is 22.9 Å². The molecular weight excluding hydrogens is 457 g/mol. The molecule has 2 heterocycles. The van der Waals surface area contributed by atoms with E-state index in [-0.39, 0.29) is 57.6 Å². The summed E-state index contributed by atoms with van der Waals surface area (Å²) in [5.74, 6) is -1.20. The Bertz CT molecular complexity index is 1080. The van der Waals surface area contributed by atoms with Crippen LogP contribution in [0.3, 0.4) is 0 Å². The molecule has 11 heteroatoms. The van der Waals surface area contributed by atoms with Crippen molar-refractivity contribution in [2.45, 2.75) is 17.9 Å². The van der Waals surface area contributed by atoms with Crippen LogP contribution in [0.2, 0.25) is 5.02 Å². The molecule has 0 aliphatic carbocycles. The number of ether oxygens (including phenoxy) is 2. The van der Waals surface area contributed by atoms with E-state index < -0.39 is 21.8 Å². The zero-order chi connectivity index (χ0) is 22.1. The van der Waals surface area contributed by atoms with Gasteiger partial charge in [0.2, 0.25) is 0 Å². The molecule has 2 aromatic rings. The van der Waals surface area contributed by atoms with Crippen LogP contribution in [0.4, 0.5) is 4.39 Å². The Labute approximate surface area is 182 Å². The summed E-state index contributed by atoms with van der Waals surface area (Å²) in [5, 5.41) is 1.28. The third-order valence-electron chi connectivity index (χ3n) is 4.47. The molecule has 30 heavy (non-hydrogen) atoms. The summed E-state index contributed by atoms with van der Waals surface area (Å²) in [5.41, 5.74) is -0.0191. The highest BCUT2D eigenvalue weighted by Crippen LogP contribution is 2.32. The van der Waals surface area contributed by atoms with Crippen molar-refractivity contribution in [3.05, 3.63) is 44.9 Å². The quantitative estimate of drug-likeness (QED) is 0.596. The molecule has 0 saturated carbocycles. The van der Waals surface area contributed by atoms with Gasteiger partial charge >= 0.3 is 0 Å². The van der Waals surface area contributed by atoms with Gasteiger partial charge in [-0.2, -0.15) is 0 Å². The lowest BCUT2D eigenvalue weighted by molar-refractivity contribution is -0.0400. The molecule has 1 aromatic carbocycles. The van der Waals surface area contributed by atoms with E-state index in [1.54, 1.807) is 0 Å². The Hall–Kier alpha value is -2.01. The van der Waals surface area contributed by atoms with Gasteiger partial charge in [-0.05, 0) is 19.1 Å². The number of morpholine rings is 1. The SMILES string of the molecule is CC(=O)c1ccc(OCC2CN(C(=O)c3scc(S(C)(=O)=O)c3Cl)CCO2)cc1F. The minimum Gasteiger partial charge on any atom is -0.491 e. The molecule has 1 atom stereocenters. The summed E-state index contributed by atoms with van der Waals surface area (Å²) in [4.78, 5) is 25.7. The van der Waals surface area contributed by atoms with E-state index >= 15 is 0 Å². The van der Waals surface area contributed by atoms with E-state index in [9.17, 15) is 22.4 Å². The van der Waals surface area contributed by atoms with Gasteiger partial charge in [-0.15, -0.1) is 11.3 Å². The van der Waals surface area contributed by atoms with Crippen LogP contribution in [0.15, 0.2) is 28.5 Å². The number of nitrogens with zero attached hydrogens (tertiary/aromatic N) is 1. The predicted octanol–water partition coefficient (Wildman–Crippen LogP) is 3.07. The maximum Gasteiger partial charge on any atom is 0.265 e.